The van der Waals surface area contributed by atoms with Crippen molar-refractivity contribution in [3.63, 3.8) is 0 Å². The van der Waals surface area contributed by atoms with Crippen LogP contribution in [0.3, 0.4) is 0 Å². The predicted molar refractivity (Wildman–Crippen MR) is 66.5 cm³/mol. The quantitative estimate of drug-likeness (QED) is 0.772. The molecular weight excluding hydrogens is 216 g/mol. The Morgan fingerprint density at radius 3 is 2.71 bits per heavy atom. The van der Waals surface area contributed by atoms with Crippen molar-refractivity contribution >= 4 is 5.91 Å². The van der Waals surface area contributed by atoms with Gasteiger partial charge in [0.25, 0.3) is 0 Å². The van der Waals surface area contributed by atoms with E-state index in [2.05, 4.69) is 12.2 Å². The van der Waals surface area contributed by atoms with Gasteiger partial charge in [0.05, 0.1) is 17.6 Å². The molecule has 2 atom stereocenters. The summed E-state index contributed by atoms with van der Waals surface area (Å²) in [6, 6.07) is 0.187. The van der Waals surface area contributed by atoms with Crippen molar-refractivity contribution in [3.05, 3.63) is 0 Å². The van der Waals surface area contributed by atoms with Gasteiger partial charge >= 0.3 is 0 Å². The molecule has 4 nitrogen and oxygen atoms in total. The maximum Gasteiger partial charge on any atom is 0.227 e. The Labute approximate surface area is 103 Å². The summed E-state index contributed by atoms with van der Waals surface area (Å²) in [5, 5.41) is 3.15. The first-order valence-corrected chi connectivity index (χ1v) is 6.65. The number of amides is 1. The summed E-state index contributed by atoms with van der Waals surface area (Å²) in [4.78, 5) is 12.3. The Morgan fingerprint density at radius 2 is 2.18 bits per heavy atom. The number of methoxy groups -OCH3 is 1. The number of nitrogens with one attached hydrogen (secondary N) is 1. The highest BCUT2D eigenvalue weighted by atomic mass is 16.5. The van der Waals surface area contributed by atoms with Gasteiger partial charge in [-0.05, 0) is 38.0 Å². The van der Waals surface area contributed by atoms with Crippen molar-refractivity contribution in [1.29, 1.82) is 0 Å². The zero-order chi connectivity index (χ0) is 12.5. The van der Waals surface area contributed by atoms with E-state index >= 15 is 0 Å². The van der Waals surface area contributed by atoms with E-state index in [0.717, 1.165) is 32.1 Å². The number of carbonyl (C=O) groups is 1. The molecule has 17 heavy (non-hydrogen) atoms. The van der Waals surface area contributed by atoms with Crippen LogP contribution in [0.25, 0.3) is 0 Å². The van der Waals surface area contributed by atoms with E-state index in [-0.39, 0.29) is 23.5 Å². The largest absolute Gasteiger partial charge is 0.379 e. The second kappa shape index (κ2) is 4.94. The Bertz CT molecular complexity index is 287. The van der Waals surface area contributed by atoms with Gasteiger partial charge in [0.1, 0.15) is 0 Å². The van der Waals surface area contributed by atoms with Crippen molar-refractivity contribution in [2.24, 2.45) is 17.1 Å². The molecule has 2 fully saturated rings. The molecule has 2 aliphatic rings. The molecule has 0 aromatic carbocycles. The average molecular weight is 240 g/mol. The second-order valence-electron chi connectivity index (χ2n) is 5.78. The van der Waals surface area contributed by atoms with Gasteiger partial charge < -0.3 is 15.8 Å². The molecule has 2 saturated carbocycles. The van der Waals surface area contributed by atoms with E-state index in [1.807, 2.05) is 0 Å². The van der Waals surface area contributed by atoms with Crippen LogP contribution in [-0.4, -0.2) is 31.7 Å². The number of hydrogen-bond donors (Lipinski definition) is 2. The summed E-state index contributed by atoms with van der Waals surface area (Å²) in [6.45, 7) is 2.64. The molecule has 0 aromatic rings. The van der Waals surface area contributed by atoms with Crippen LogP contribution < -0.4 is 11.1 Å². The normalized spacial score (nSPS) is 41.0. The number of hydrogen-bond acceptors (Lipinski definition) is 3. The number of rotatable bonds is 4. The van der Waals surface area contributed by atoms with E-state index in [1.165, 1.54) is 0 Å². The van der Waals surface area contributed by atoms with E-state index in [1.54, 1.807) is 7.11 Å². The lowest BCUT2D eigenvalue weighted by Crippen LogP contribution is -2.56. The summed E-state index contributed by atoms with van der Waals surface area (Å²) in [5.41, 5.74) is 5.49. The summed E-state index contributed by atoms with van der Waals surface area (Å²) in [6.07, 6.45) is 5.26. The first-order valence-electron chi connectivity index (χ1n) is 6.65. The van der Waals surface area contributed by atoms with Crippen LogP contribution in [0.1, 0.15) is 39.0 Å². The SMILES string of the molecule is COC1CCCC1NC(=O)C1(CN)CC(C)C1. The van der Waals surface area contributed by atoms with Crippen LogP contribution >= 0.6 is 0 Å². The molecule has 2 rings (SSSR count). The van der Waals surface area contributed by atoms with E-state index in [0.29, 0.717) is 12.5 Å². The summed E-state index contributed by atoms with van der Waals surface area (Å²) >= 11 is 0. The minimum absolute atomic E-state index is 0.145. The van der Waals surface area contributed by atoms with Crippen molar-refractivity contribution in [2.45, 2.75) is 51.2 Å². The van der Waals surface area contributed by atoms with Crippen LogP contribution in [0.15, 0.2) is 0 Å². The average Bonchev–Trinajstić information content (AvgIpc) is 2.71. The summed E-state index contributed by atoms with van der Waals surface area (Å²) < 4.78 is 5.40. The Hall–Kier alpha value is -0.610. The van der Waals surface area contributed by atoms with Crippen molar-refractivity contribution < 1.29 is 9.53 Å². The van der Waals surface area contributed by atoms with Crippen LogP contribution in [0.4, 0.5) is 0 Å². The van der Waals surface area contributed by atoms with Gasteiger partial charge in [-0.15, -0.1) is 0 Å². The lowest BCUT2D eigenvalue weighted by Gasteiger charge is -2.45. The van der Waals surface area contributed by atoms with Gasteiger partial charge in [-0.2, -0.15) is 0 Å². The lowest BCUT2D eigenvalue weighted by molar-refractivity contribution is -0.139. The third kappa shape index (κ3) is 2.33. The summed E-state index contributed by atoms with van der Waals surface area (Å²) in [5.74, 6) is 0.776. The van der Waals surface area contributed by atoms with Gasteiger partial charge in [-0.1, -0.05) is 6.92 Å². The molecule has 2 unspecified atom stereocenters. The first-order chi connectivity index (χ1) is 8.11. The molecule has 4 heteroatoms. The van der Waals surface area contributed by atoms with Gasteiger partial charge in [-0.3, -0.25) is 4.79 Å². The van der Waals surface area contributed by atoms with Crippen LogP contribution in [-0.2, 0) is 9.53 Å². The number of nitrogens with two attached hydrogens (primary N) is 1. The van der Waals surface area contributed by atoms with E-state index in [4.69, 9.17) is 10.5 Å². The minimum Gasteiger partial charge on any atom is -0.379 e. The van der Waals surface area contributed by atoms with Crippen LogP contribution in [0.5, 0.6) is 0 Å². The van der Waals surface area contributed by atoms with Crippen molar-refractivity contribution in [1.82, 2.24) is 5.32 Å². The van der Waals surface area contributed by atoms with Crippen LogP contribution in [0, 0.1) is 11.3 Å². The molecule has 0 heterocycles. The fourth-order valence-corrected chi connectivity index (χ4v) is 3.41. The maximum absolute atomic E-state index is 12.3. The highest BCUT2D eigenvalue weighted by molar-refractivity contribution is 5.84. The molecule has 0 saturated heterocycles. The highest BCUT2D eigenvalue weighted by Crippen LogP contribution is 2.45. The van der Waals surface area contributed by atoms with Crippen molar-refractivity contribution in [2.75, 3.05) is 13.7 Å². The molecule has 2 aliphatic carbocycles. The topological polar surface area (TPSA) is 64.3 Å². The third-order valence-electron chi connectivity index (χ3n) is 4.42. The molecule has 98 valence electrons. The monoisotopic (exact) mass is 240 g/mol. The van der Waals surface area contributed by atoms with E-state index < -0.39 is 0 Å². The Balaban J connectivity index is 1.92. The van der Waals surface area contributed by atoms with Gasteiger partial charge in [-0.25, -0.2) is 0 Å². The lowest BCUT2D eigenvalue weighted by atomic mass is 9.62. The molecule has 0 radical (unpaired) electrons. The fraction of sp³-hybridized carbons (Fsp3) is 0.923. The second-order valence-corrected chi connectivity index (χ2v) is 5.78. The smallest absolute Gasteiger partial charge is 0.227 e. The van der Waals surface area contributed by atoms with Gasteiger partial charge in [0.15, 0.2) is 0 Å². The molecule has 0 spiro atoms. The molecule has 3 N–H and O–H groups in total. The number of ether oxygens (including phenoxy) is 1. The molecule has 0 aliphatic heterocycles. The fourth-order valence-electron chi connectivity index (χ4n) is 3.41. The summed E-state index contributed by atoms with van der Waals surface area (Å²) in [7, 11) is 1.72. The van der Waals surface area contributed by atoms with E-state index in [9.17, 15) is 4.79 Å². The number of carbonyl (C=O) groups excluding carboxylic acids is 1. The molecule has 1 amide bonds. The standard InChI is InChI=1S/C13H24N2O2/c1-9-6-13(7-9,8-14)12(16)15-10-4-3-5-11(10)17-2/h9-11H,3-8,14H2,1-2H3,(H,15,16). The molecular formula is C13H24N2O2. The molecule has 0 aromatic heterocycles. The third-order valence-corrected chi connectivity index (χ3v) is 4.42. The van der Waals surface area contributed by atoms with Crippen LogP contribution in [0.2, 0.25) is 0 Å². The molecule has 0 bridgehead atoms. The first kappa shape index (κ1) is 12.8. The minimum atomic E-state index is -0.291. The highest BCUT2D eigenvalue weighted by Gasteiger charge is 2.48. The van der Waals surface area contributed by atoms with Gasteiger partial charge in [0, 0.05) is 13.7 Å². The Kier molecular flexibility index (Phi) is 3.73. The Morgan fingerprint density at radius 1 is 1.47 bits per heavy atom. The zero-order valence-electron chi connectivity index (χ0n) is 10.9. The maximum atomic E-state index is 12.3. The van der Waals surface area contributed by atoms with Crippen molar-refractivity contribution in [3.8, 4) is 0 Å². The van der Waals surface area contributed by atoms with Gasteiger partial charge in [0.2, 0.25) is 5.91 Å². The predicted octanol–water partition coefficient (Wildman–Crippen LogP) is 1.05. The zero-order valence-corrected chi connectivity index (χ0v) is 10.9.